The van der Waals surface area contributed by atoms with Gasteiger partial charge in [-0.15, -0.1) is 23.7 Å². The molecule has 0 radical (unpaired) electrons. The van der Waals surface area contributed by atoms with E-state index in [1.165, 1.54) is 6.07 Å². The minimum absolute atomic E-state index is 0. The molecule has 1 aromatic heterocycles. The third-order valence-electron chi connectivity index (χ3n) is 3.49. The molecule has 2 unspecified atom stereocenters. The van der Waals surface area contributed by atoms with Crippen molar-refractivity contribution in [1.29, 1.82) is 0 Å². The van der Waals surface area contributed by atoms with Crippen molar-refractivity contribution in [3.8, 4) is 0 Å². The van der Waals surface area contributed by atoms with Gasteiger partial charge in [0, 0.05) is 10.9 Å². The molecule has 0 fully saturated rings. The zero-order valence-corrected chi connectivity index (χ0v) is 15.5. The lowest BCUT2D eigenvalue weighted by atomic mass is 9.95. The van der Waals surface area contributed by atoms with Crippen LogP contribution in [0.4, 0.5) is 0 Å². The van der Waals surface area contributed by atoms with Gasteiger partial charge in [-0.05, 0) is 17.7 Å². The third-order valence-corrected chi connectivity index (χ3v) is 6.01. The Kier molecular flexibility index (Phi) is 7.37. The Morgan fingerprint density at radius 2 is 1.83 bits per heavy atom. The number of sulfonamides is 1. The van der Waals surface area contributed by atoms with Crippen LogP contribution in [0.1, 0.15) is 23.4 Å². The molecule has 0 saturated carbocycles. The van der Waals surface area contributed by atoms with Crippen molar-refractivity contribution in [2.75, 3.05) is 0 Å². The molecule has 1 amide bonds. The van der Waals surface area contributed by atoms with Gasteiger partial charge in [-0.1, -0.05) is 37.3 Å². The van der Waals surface area contributed by atoms with E-state index >= 15 is 0 Å². The summed E-state index contributed by atoms with van der Waals surface area (Å²) in [7, 11) is -3.70. The first kappa shape index (κ1) is 20.6. The molecule has 0 aliphatic rings. The van der Waals surface area contributed by atoms with E-state index in [9.17, 15) is 13.2 Å². The second-order valence-electron chi connectivity index (χ2n) is 5.21. The molecule has 2 aromatic rings. The molecular formula is C15H20ClN3O3S2. The van der Waals surface area contributed by atoms with Crippen LogP contribution in [0.2, 0.25) is 0 Å². The van der Waals surface area contributed by atoms with E-state index in [1.54, 1.807) is 13.0 Å². The number of benzene rings is 1. The first-order valence-corrected chi connectivity index (χ1v) is 9.35. The predicted octanol–water partition coefficient (Wildman–Crippen LogP) is 1.77. The van der Waals surface area contributed by atoms with Gasteiger partial charge in [0.1, 0.15) is 4.21 Å². The number of thiophene rings is 1. The van der Waals surface area contributed by atoms with Gasteiger partial charge in [0.15, 0.2) is 0 Å². The smallest absolute Gasteiger partial charge is 0.247 e. The Morgan fingerprint density at radius 1 is 1.21 bits per heavy atom. The first-order valence-electron chi connectivity index (χ1n) is 6.99. The van der Waals surface area contributed by atoms with E-state index in [2.05, 4.69) is 5.32 Å². The summed E-state index contributed by atoms with van der Waals surface area (Å²) in [5, 5.41) is 7.83. The SMILES string of the molecule is CC(C(=O)NCc1ccc(S(N)(=O)=O)s1)C(N)c1ccccc1.Cl. The second kappa shape index (κ2) is 8.59. The van der Waals surface area contributed by atoms with Crippen LogP contribution < -0.4 is 16.2 Å². The lowest BCUT2D eigenvalue weighted by molar-refractivity contribution is -0.125. The number of carbonyl (C=O) groups excluding carboxylic acids is 1. The minimum atomic E-state index is -3.70. The molecule has 1 heterocycles. The molecule has 0 spiro atoms. The van der Waals surface area contributed by atoms with Crippen LogP contribution in [-0.2, 0) is 21.4 Å². The van der Waals surface area contributed by atoms with E-state index in [0.29, 0.717) is 4.88 Å². The number of hydrogen-bond donors (Lipinski definition) is 3. The van der Waals surface area contributed by atoms with Crippen LogP contribution in [0.3, 0.4) is 0 Å². The number of hydrogen-bond acceptors (Lipinski definition) is 5. The van der Waals surface area contributed by atoms with Gasteiger partial charge in [-0.2, -0.15) is 0 Å². The zero-order chi connectivity index (χ0) is 17.0. The summed E-state index contributed by atoms with van der Waals surface area (Å²) in [4.78, 5) is 12.9. The van der Waals surface area contributed by atoms with Crippen molar-refractivity contribution in [1.82, 2.24) is 5.32 Å². The summed E-state index contributed by atoms with van der Waals surface area (Å²) < 4.78 is 22.5. The van der Waals surface area contributed by atoms with Crippen molar-refractivity contribution < 1.29 is 13.2 Å². The molecule has 2 atom stereocenters. The van der Waals surface area contributed by atoms with Gasteiger partial charge in [0.25, 0.3) is 0 Å². The highest BCUT2D eigenvalue weighted by Crippen LogP contribution is 2.21. The fourth-order valence-corrected chi connectivity index (χ4v) is 3.79. The maximum atomic E-state index is 12.2. The van der Waals surface area contributed by atoms with Gasteiger partial charge >= 0.3 is 0 Å². The average molecular weight is 390 g/mol. The second-order valence-corrected chi connectivity index (χ2v) is 8.17. The zero-order valence-electron chi connectivity index (χ0n) is 13.0. The molecule has 132 valence electrons. The van der Waals surface area contributed by atoms with E-state index in [-0.39, 0.29) is 29.1 Å². The van der Waals surface area contributed by atoms with Crippen molar-refractivity contribution in [2.45, 2.75) is 23.7 Å². The Hall–Kier alpha value is -1.45. The number of primary sulfonamides is 1. The van der Waals surface area contributed by atoms with Crippen LogP contribution >= 0.6 is 23.7 Å². The third kappa shape index (κ3) is 5.29. The summed E-state index contributed by atoms with van der Waals surface area (Å²) in [6.45, 7) is 2.00. The van der Waals surface area contributed by atoms with Gasteiger partial charge < -0.3 is 11.1 Å². The topological polar surface area (TPSA) is 115 Å². The summed E-state index contributed by atoms with van der Waals surface area (Å²) in [5.41, 5.74) is 7.01. The van der Waals surface area contributed by atoms with Crippen LogP contribution in [-0.4, -0.2) is 14.3 Å². The Labute approximate surface area is 151 Å². The average Bonchev–Trinajstić information content (AvgIpc) is 3.01. The lowest BCUT2D eigenvalue weighted by Gasteiger charge is -2.19. The Bertz CT molecular complexity index is 778. The van der Waals surface area contributed by atoms with E-state index in [1.807, 2.05) is 30.3 Å². The van der Waals surface area contributed by atoms with Gasteiger partial charge in [-0.25, -0.2) is 13.6 Å². The fourth-order valence-electron chi connectivity index (χ4n) is 2.07. The molecule has 24 heavy (non-hydrogen) atoms. The quantitative estimate of drug-likeness (QED) is 0.698. The molecule has 6 nitrogen and oxygen atoms in total. The molecule has 0 bridgehead atoms. The maximum absolute atomic E-state index is 12.2. The van der Waals surface area contributed by atoms with Crippen molar-refractivity contribution in [2.24, 2.45) is 16.8 Å². The number of amides is 1. The summed E-state index contributed by atoms with van der Waals surface area (Å²) >= 11 is 1.04. The van der Waals surface area contributed by atoms with Crippen molar-refractivity contribution in [3.05, 3.63) is 52.9 Å². The first-order chi connectivity index (χ1) is 10.8. The highest BCUT2D eigenvalue weighted by Gasteiger charge is 2.22. The van der Waals surface area contributed by atoms with Crippen molar-refractivity contribution in [3.63, 3.8) is 0 Å². The van der Waals surface area contributed by atoms with E-state index < -0.39 is 22.0 Å². The molecule has 9 heteroatoms. The fraction of sp³-hybridized carbons (Fsp3) is 0.267. The maximum Gasteiger partial charge on any atom is 0.247 e. The largest absolute Gasteiger partial charge is 0.351 e. The number of nitrogens with two attached hydrogens (primary N) is 2. The summed E-state index contributed by atoms with van der Waals surface area (Å²) in [6.07, 6.45) is 0. The minimum Gasteiger partial charge on any atom is -0.351 e. The van der Waals surface area contributed by atoms with E-state index in [0.717, 1.165) is 16.9 Å². The summed E-state index contributed by atoms with van der Waals surface area (Å²) in [6, 6.07) is 12.1. The highest BCUT2D eigenvalue weighted by atomic mass is 35.5. The number of halogens is 1. The highest BCUT2D eigenvalue weighted by molar-refractivity contribution is 7.91. The van der Waals surface area contributed by atoms with Crippen LogP contribution in [0.25, 0.3) is 0 Å². The molecule has 5 N–H and O–H groups in total. The number of carbonyl (C=O) groups is 1. The summed E-state index contributed by atoms with van der Waals surface area (Å²) in [5.74, 6) is -0.595. The van der Waals surface area contributed by atoms with Crippen LogP contribution in [0.15, 0.2) is 46.7 Å². The number of rotatable bonds is 6. The molecular weight excluding hydrogens is 370 g/mol. The normalized spacial score (nSPS) is 13.6. The monoisotopic (exact) mass is 389 g/mol. The Balaban J connectivity index is 0.00000288. The van der Waals surface area contributed by atoms with E-state index in [4.69, 9.17) is 10.9 Å². The van der Waals surface area contributed by atoms with Gasteiger partial charge in [0.05, 0.1) is 12.5 Å². The molecule has 0 aliphatic heterocycles. The molecule has 1 aromatic carbocycles. The molecule has 0 aliphatic carbocycles. The van der Waals surface area contributed by atoms with Crippen LogP contribution in [0.5, 0.6) is 0 Å². The molecule has 0 saturated heterocycles. The van der Waals surface area contributed by atoms with Crippen molar-refractivity contribution >= 4 is 39.7 Å². The molecule has 2 rings (SSSR count). The predicted molar refractivity (Wildman–Crippen MR) is 97.3 cm³/mol. The van der Waals surface area contributed by atoms with Gasteiger partial charge in [-0.3, -0.25) is 4.79 Å². The van der Waals surface area contributed by atoms with Crippen LogP contribution in [0, 0.1) is 5.92 Å². The number of nitrogens with one attached hydrogen (secondary N) is 1. The standard InChI is InChI=1S/C15H19N3O3S2.ClH/c1-10(14(16)11-5-3-2-4-6-11)15(19)18-9-12-7-8-13(22-12)23(17,20)21;/h2-8,10,14H,9,16H2,1H3,(H,18,19)(H2,17,20,21);1H. The lowest BCUT2D eigenvalue weighted by Crippen LogP contribution is -2.35. The van der Waals surface area contributed by atoms with Gasteiger partial charge in [0.2, 0.25) is 15.9 Å². The Morgan fingerprint density at radius 3 is 2.38 bits per heavy atom.